The molecule has 0 amide bonds. The lowest BCUT2D eigenvalue weighted by atomic mass is 11.0. The third-order valence-corrected chi connectivity index (χ3v) is 0.194. The van der Waals surface area contributed by atoms with E-state index in [9.17, 15) is 0 Å². The van der Waals surface area contributed by atoms with Crippen LogP contribution in [-0.4, -0.2) is 21.4 Å². The molecular weight excluding hydrogens is 100 g/mol. The molecule has 5 heteroatoms. The molecule has 0 aliphatic heterocycles. The van der Waals surface area contributed by atoms with Crippen molar-refractivity contribution >= 4 is 0 Å². The van der Waals surface area contributed by atoms with Crippen LogP contribution in [0.4, 0.5) is 0 Å². The van der Waals surface area contributed by atoms with E-state index in [-0.39, 0.29) is 7.43 Å². The van der Waals surface area contributed by atoms with E-state index >= 15 is 0 Å². The molecular formula is C2H10N2O3. The highest BCUT2D eigenvalue weighted by Crippen LogP contribution is 1.75. The predicted molar refractivity (Wildman–Crippen MR) is 23.4 cm³/mol. The normalized spacial score (nSPS) is 10.3. The van der Waals surface area contributed by atoms with Crippen molar-refractivity contribution in [3.05, 3.63) is 0 Å². The number of hydrogen-bond donors (Lipinski definition) is 5. The summed E-state index contributed by atoms with van der Waals surface area (Å²) in [5.41, 5.74) is 1.27. The Morgan fingerprint density at radius 3 is 1.43 bits per heavy atom. The third-order valence-electron chi connectivity index (χ3n) is 0.194. The number of nitrogens with two attached hydrogens (primary N) is 1. The second-order valence-corrected chi connectivity index (χ2v) is 0.780. The maximum Gasteiger partial charge on any atom is 0.356 e. The molecule has 0 rings (SSSR count). The molecule has 46 valence electrons. The van der Waals surface area contributed by atoms with Crippen molar-refractivity contribution in [2.45, 2.75) is 13.5 Å². The molecule has 0 saturated carbocycles. The topological polar surface area (TPSA) is 98.7 Å². The van der Waals surface area contributed by atoms with Crippen LogP contribution in [0.15, 0.2) is 0 Å². The van der Waals surface area contributed by atoms with Gasteiger partial charge in [-0.05, 0) is 0 Å². The molecule has 0 spiro atoms. The molecule has 7 heavy (non-hydrogen) atoms. The van der Waals surface area contributed by atoms with Crippen LogP contribution in [0.25, 0.3) is 0 Å². The van der Waals surface area contributed by atoms with Crippen molar-refractivity contribution in [3.8, 4) is 0 Å². The van der Waals surface area contributed by atoms with Crippen LogP contribution in [0.5, 0.6) is 0 Å². The van der Waals surface area contributed by atoms with E-state index in [1.807, 2.05) is 0 Å². The second-order valence-electron chi connectivity index (χ2n) is 0.780. The van der Waals surface area contributed by atoms with Crippen LogP contribution < -0.4 is 11.3 Å². The van der Waals surface area contributed by atoms with Gasteiger partial charge < -0.3 is 15.3 Å². The first-order valence-electron chi connectivity index (χ1n) is 1.21. The van der Waals surface area contributed by atoms with Gasteiger partial charge >= 0.3 is 6.10 Å². The Hall–Kier alpha value is -0.200. The van der Waals surface area contributed by atoms with Gasteiger partial charge in [0, 0.05) is 0 Å². The molecule has 0 aliphatic rings. The molecule has 0 aromatic heterocycles. The van der Waals surface area contributed by atoms with Crippen LogP contribution in [0.2, 0.25) is 0 Å². The zero-order valence-electron chi connectivity index (χ0n) is 2.92. The Bertz CT molecular complexity index is 40.7. The van der Waals surface area contributed by atoms with Crippen molar-refractivity contribution in [1.82, 2.24) is 5.43 Å². The quantitative estimate of drug-likeness (QED) is 0.148. The van der Waals surface area contributed by atoms with E-state index < -0.39 is 6.10 Å². The summed E-state index contributed by atoms with van der Waals surface area (Å²) in [7, 11) is 0. The van der Waals surface area contributed by atoms with Gasteiger partial charge in [0.15, 0.2) is 0 Å². The molecule has 0 unspecified atom stereocenters. The van der Waals surface area contributed by atoms with Gasteiger partial charge in [0.1, 0.15) is 0 Å². The summed E-state index contributed by atoms with van der Waals surface area (Å²) in [6.45, 7) is 0. The number of aliphatic hydroxyl groups is 3. The standard InChI is InChI=1S/CH6N2O3.CH4/c2-3-1(4,5)6;/h3-6H,2H2;1H4. The van der Waals surface area contributed by atoms with Gasteiger partial charge in [0.25, 0.3) is 0 Å². The van der Waals surface area contributed by atoms with Crippen molar-refractivity contribution < 1.29 is 15.3 Å². The van der Waals surface area contributed by atoms with E-state index in [4.69, 9.17) is 15.3 Å². The fourth-order valence-electron chi connectivity index (χ4n) is 0. The molecule has 0 aliphatic carbocycles. The molecule has 0 bridgehead atoms. The lowest BCUT2D eigenvalue weighted by Gasteiger charge is -2.09. The van der Waals surface area contributed by atoms with E-state index in [1.54, 1.807) is 0 Å². The van der Waals surface area contributed by atoms with Crippen LogP contribution in [-0.2, 0) is 0 Å². The summed E-state index contributed by atoms with van der Waals surface area (Å²) in [6.07, 6.45) is -2.93. The fourth-order valence-corrected chi connectivity index (χ4v) is 0. The summed E-state index contributed by atoms with van der Waals surface area (Å²) >= 11 is 0. The third kappa shape index (κ3) is 10.7. The van der Waals surface area contributed by atoms with Crippen molar-refractivity contribution in [1.29, 1.82) is 0 Å². The zero-order valence-corrected chi connectivity index (χ0v) is 2.92. The first-order valence-corrected chi connectivity index (χ1v) is 1.21. The molecule has 0 aromatic rings. The smallest absolute Gasteiger partial charge is 0.329 e. The SMILES string of the molecule is C.NNC(O)(O)O. The summed E-state index contributed by atoms with van der Waals surface area (Å²) in [6, 6.07) is 0. The number of nitrogens with one attached hydrogen (secondary N) is 1. The molecule has 0 aromatic carbocycles. The van der Waals surface area contributed by atoms with Gasteiger partial charge in [-0.1, -0.05) is 7.43 Å². The summed E-state index contributed by atoms with van der Waals surface area (Å²) in [5.74, 6) is 4.31. The van der Waals surface area contributed by atoms with Crippen LogP contribution >= 0.6 is 0 Å². The maximum absolute atomic E-state index is 7.70. The minimum Gasteiger partial charge on any atom is -0.329 e. The number of hydrogen-bond acceptors (Lipinski definition) is 5. The summed E-state index contributed by atoms with van der Waals surface area (Å²) < 4.78 is 0. The Balaban J connectivity index is 0. The summed E-state index contributed by atoms with van der Waals surface area (Å²) in [4.78, 5) is 0. The highest BCUT2D eigenvalue weighted by molar-refractivity contribution is 4.25. The minimum atomic E-state index is -2.93. The molecule has 6 N–H and O–H groups in total. The molecule has 0 saturated heterocycles. The number of rotatable bonds is 1. The molecule has 0 heterocycles. The minimum absolute atomic E-state index is 0. The zero-order chi connectivity index (χ0) is 5.21. The predicted octanol–water partition coefficient (Wildman–Crippen LogP) is -2.33. The Kier molecular flexibility index (Phi) is 4.10. The lowest BCUT2D eigenvalue weighted by molar-refractivity contribution is -0.331. The fraction of sp³-hybridized carbons (Fsp3) is 1.00. The number of hydrazine groups is 1. The molecule has 0 radical (unpaired) electrons. The van der Waals surface area contributed by atoms with E-state index in [0.29, 0.717) is 0 Å². The monoisotopic (exact) mass is 110 g/mol. The van der Waals surface area contributed by atoms with Gasteiger partial charge in [-0.15, -0.1) is 0 Å². The van der Waals surface area contributed by atoms with Gasteiger partial charge in [-0.2, -0.15) is 5.43 Å². The highest BCUT2D eigenvalue weighted by Gasteiger charge is 2.12. The van der Waals surface area contributed by atoms with E-state index in [2.05, 4.69) is 5.84 Å². The first-order chi connectivity index (χ1) is 2.56. The van der Waals surface area contributed by atoms with Crippen LogP contribution in [0, 0.1) is 0 Å². The van der Waals surface area contributed by atoms with Gasteiger partial charge in [0.2, 0.25) is 0 Å². The Labute approximate surface area is 41.4 Å². The van der Waals surface area contributed by atoms with Crippen LogP contribution in [0.1, 0.15) is 7.43 Å². The molecule has 0 atom stereocenters. The Morgan fingerprint density at radius 1 is 1.29 bits per heavy atom. The van der Waals surface area contributed by atoms with Gasteiger partial charge in [-0.3, -0.25) is 5.84 Å². The average Bonchev–Trinajstić information content (AvgIpc) is 1.35. The first kappa shape index (κ1) is 9.93. The van der Waals surface area contributed by atoms with Crippen molar-refractivity contribution in [2.75, 3.05) is 0 Å². The maximum atomic E-state index is 7.70. The van der Waals surface area contributed by atoms with Crippen molar-refractivity contribution in [3.63, 3.8) is 0 Å². The summed E-state index contributed by atoms with van der Waals surface area (Å²) in [5, 5.41) is 23.1. The van der Waals surface area contributed by atoms with Crippen molar-refractivity contribution in [2.24, 2.45) is 5.84 Å². The van der Waals surface area contributed by atoms with E-state index in [1.165, 1.54) is 5.43 Å². The van der Waals surface area contributed by atoms with E-state index in [0.717, 1.165) is 0 Å². The molecule has 5 nitrogen and oxygen atoms in total. The average molecular weight is 110 g/mol. The highest BCUT2D eigenvalue weighted by atomic mass is 16.7. The lowest BCUT2D eigenvalue weighted by Crippen LogP contribution is -2.48. The van der Waals surface area contributed by atoms with Gasteiger partial charge in [0.05, 0.1) is 0 Å². The second kappa shape index (κ2) is 2.89. The Morgan fingerprint density at radius 2 is 1.43 bits per heavy atom. The van der Waals surface area contributed by atoms with Gasteiger partial charge in [-0.25, -0.2) is 0 Å². The van der Waals surface area contributed by atoms with Crippen LogP contribution in [0.3, 0.4) is 0 Å². The largest absolute Gasteiger partial charge is 0.356 e. The molecule has 0 fully saturated rings.